The monoisotopic (exact) mass is 398 g/mol. The molecule has 0 aliphatic carbocycles. The van der Waals surface area contributed by atoms with Crippen LogP contribution in [-0.2, 0) is 16.1 Å². The molecule has 1 aromatic carbocycles. The number of carbonyl (C=O) groups excluding carboxylic acids is 2. The van der Waals surface area contributed by atoms with Gasteiger partial charge in [-0.2, -0.15) is 5.10 Å². The number of carbonyl (C=O) groups is 2. The molecule has 3 aromatic rings. The molecule has 0 amide bonds. The second kappa shape index (κ2) is 7.71. The Labute approximate surface area is 167 Å². The Kier molecular flexibility index (Phi) is 5.51. The number of Topliss-reactive ketones (excluding diaryl/α,β-unsaturated/α-hetero) is 1. The Morgan fingerprint density at radius 1 is 1.14 bits per heavy atom. The van der Waals surface area contributed by atoms with Crippen molar-refractivity contribution in [3.05, 3.63) is 36.3 Å². The van der Waals surface area contributed by atoms with Crippen molar-refractivity contribution >= 4 is 34.4 Å². The first-order chi connectivity index (χ1) is 13.2. The molecule has 146 valence electrons. The first kappa shape index (κ1) is 20.0. The lowest BCUT2D eigenvalue weighted by Crippen LogP contribution is -2.26. The van der Waals surface area contributed by atoms with E-state index < -0.39 is 11.6 Å². The van der Waals surface area contributed by atoms with Crippen LogP contribution in [0.1, 0.15) is 38.2 Å². The quantitative estimate of drug-likeness (QED) is 0.280. The van der Waals surface area contributed by atoms with Crippen LogP contribution in [0.2, 0.25) is 0 Å². The molecule has 0 spiro atoms. The van der Waals surface area contributed by atoms with Crippen molar-refractivity contribution < 1.29 is 14.3 Å². The minimum absolute atomic E-state index is 0.0636. The summed E-state index contributed by atoms with van der Waals surface area (Å²) >= 11 is 1.47. The Morgan fingerprint density at radius 2 is 1.82 bits per heavy atom. The fourth-order valence-corrected chi connectivity index (χ4v) is 3.12. The van der Waals surface area contributed by atoms with Crippen LogP contribution < -0.4 is 0 Å². The minimum atomic E-state index is -0.584. The highest BCUT2D eigenvalue weighted by molar-refractivity contribution is 7.98. The van der Waals surface area contributed by atoms with Crippen LogP contribution in [-0.4, -0.2) is 43.4 Å². The van der Waals surface area contributed by atoms with Gasteiger partial charge >= 0.3 is 5.97 Å². The van der Waals surface area contributed by atoms with Crippen molar-refractivity contribution in [2.75, 3.05) is 6.26 Å². The van der Waals surface area contributed by atoms with E-state index >= 15 is 0 Å². The highest BCUT2D eigenvalue weighted by Crippen LogP contribution is 2.27. The van der Waals surface area contributed by atoms with E-state index in [1.54, 1.807) is 12.4 Å². The zero-order valence-corrected chi connectivity index (χ0v) is 17.3. The van der Waals surface area contributed by atoms with Gasteiger partial charge in [0.15, 0.2) is 10.9 Å². The summed E-state index contributed by atoms with van der Waals surface area (Å²) in [6, 6.07) is 5.62. The molecule has 0 aliphatic heterocycles. The van der Waals surface area contributed by atoms with Crippen molar-refractivity contribution in [1.29, 1.82) is 0 Å². The van der Waals surface area contributed by atoms with E-state index in [1.165, 1.54) is 23.4 Å². The van der Waals surface area contributed by atoms with Crippen LogP contribution in [0, 0.1) is 0 Å². The van der Waals surface area contributed by atoms with Gasteiger partial charge in [-0.1, -0.05) is 17.8 Å². The lowest BCUT2D eigenvalue weighted by Gasteiger charge is -2.19. The van der Waals surface area contributed by atoms with Crippen LogP contribution in [0.5, 0.6) is 0 Å². The SMILES string of the molecule is CSc1ncc(-c2ccc3c(c2)c(C(C)=O)nn3CC(=O)OC(C)(C)C)cn1. The van der Waals surface area contributed by atoms with E-state index in [1.807, 2.05) is 45.2 Å². The summed E-state index contributed by atoms with van der Waals surface area (Å²) in [5.41, 5.74) is 2.15. The number of nitrogens with zero attached hydrogens (tertiary/aromatic N) is 4. The van der Waals surface area contributed by atoms with Gasteiger partial charge < -0.3 is 4.74 Å². The van der Waals surface area contributed by atoms with Gasteiger partial charge in [0.25, 0.3) is 0 Å². The third-order valence-corrected chi connectivity index (χ3v) is 4.50. The van der Waals surface area contributed by atoms with Crippen LogP contribution in [0.25, 0.3) is 22.0 Å². The maximum absolute atomic E-state index is 12.2. The molecule has 0 unspecified atom stereocenters. The van der Waals surface area contributed by atoms with Gasteiger partial charge in [-0.3, -0.25) is 14.3 Å². The molecule has 8 heteroatoms. The molecule has 3 rings (SSSR count). The highest BCUT2D eigenvalue weighted by atomic mass is 32.2. The maximum Gasteiger partial charge on any atom is 0.328 e. The van der Waals surface area contributed by atoms with Gasteiger partial charge in [-0.25, -0.2) is 9.97 Å². The fourth-order valence-electron chi connectivity index (χ4n) is 2.81. The highest BCUT2D eigenvalue weighted by Gasteiger charge is 2.20. The van der Waals surface area contributed by atoms with Gasteiger partial charge in [-0.05, 0) is 44.7 Å². The molecular weight excluding hydrogens is 376 g/mol. The number of ketones is 1. The molecule has 28 heavy (non-hydrogen) atoms. The summed E-state index contributed by atoms with van der Waals surface area (Å²) in [5.74, 6) is -0.573. The molecule has 2 aromatic heterocycles. The summed E-state index contributed by atoms with van der Waals surface area (Å²) in [7, 11) is 0. The summed E-state index contributed by atoms with van der Waals surface area (Å²) in [6.07, 6.45) is 5.41. The van der Waals surface area contributed by atoms with E-state index in [9.17, 15) is 9.59 Å². The minimum Gasteiger partial charge on any atom is -0.459 e. The predicted octanol–water partition coefficient (Wildman–Crippen LogP) is 3.76. The van der Waals surface area contributed by atoms with E-state index in [4.69, 9.17) is 4.74 Å². The zero-order valence-electron chi connectivity index (χ0n) is 16.5. The number of thioether (sulfide) groups is 1. The zero-order chi connectivity index (χ0) is 20.5. The third kappa shape index (κ3) is 4.39. The molecule has 0 aliphatic rings. The topological polar surface area (TPSA) is 87.0 Å². The van der Waals surface area contributed by atoms with Crippen LogP contribution in [0.4, 0.5) is 0 Å². The Balaban J connectivity index is 2.01. The van der Waals surface area contributed by atoms with Crippen molar-refractivity contribution in [2.24, 2.45) is 0 Å². The standard InChI is InChI=1S/C20H22N4O3S/c1-12(25)18-15-8-13(14-9-21-19(28-5)22-10-14)6-7-16(15)24(23-18)11-17(26)27-20(2,3)4/h6-10H,11H2,1-5H3. The van der Waals surface area contributed by atoms with Crippen molar-refractivity contribution in [3.63, 3.8) is 0 Å². The van der Waals surface area contributed by atoms with E-state index in [-0.39, 0.29) is 12.3 Å². The summed E-state index contributed by atoms with van der Waals surface area (Å²) in [4.78, 5) is 32.9. The molecule has 0 radical (unpaired) electrons. The van der Waals surface area contributed by atoms with Crippen molar-refractivity contribution in [1.82, 2.24) is 19.7 Å². The lowest BCUT2D eigenvalue weighted by molar-refractivity contribution is -0.155. The number of rotatable bonds is 5. The van der Waals surface area contributed by atoms with Crippen LogP contribution in [0.15, 0.2) is 35.7 Å². The molecule has 0 N–H and O–H groups in total. The lowest BCUT2D eigenvalue weighted by atomic mass is 10.0. The largest absolute Gasteiger partial charge is 0.459 e. The second-order valence-electron chi connectivity index (χ2n) is 7.34. The average Bonchev–Trinajstić information content (AvgIpc) is 2.98. The molecule has 0 atom stereocenters. The maximum atomic E-state index is 12.2. The van der Waals surface area contributed by atoms with E-state index in [2.05, 4.69) is 15.1 Å². The molecular formula is C20H22N4O3S. The van der Waals surface area contributed by atoms with Gasteiger partial charge in [0.2, 0.25) is 0 Å². The Morgan fingerprint density at radius 3 is 2.39 bits per heavy atom. The summed E-state index contributed by atoms with van der Waals surface area (Å²) in [6.45, 7) is 6.83. The molecule has 0 fully saturated rings. The van der Waals surface area contributed by atoms with E-state index in [0.29, 0.717) is 21.8 Å². The number of hydrogen-bond acceptors (Lipinski definition) is 7. The molecule has 2 heterocycles. The smallest absolute Gasteiger partial charge is 0.328 e. The van der Waals surface area contributed by atoms with Crippen LogP contribution >= 0.6 is 11.8 Å². The van der Waals surface area contributed by atoms with Crippen LogP contribution in [0.3, 0.4) is 0 Å². The van der Waals surface area contributed by atoms with Gasteiger partial charge in [0, 0.05) is 30.3 Å². The average molecular weight is 398 g/mol. The molecule has 7 nitrogen and oxygen atoms in total. The van der Waals surface area contributed by atoms with Gasteiger partial charge in [0.1, 0.15) is 17.8 Å². The molecule has 0 saturated carbocycles. The van der Waals surface area contributed by atoms with Crippen molar-refractivity contribution in [2.45, 2.75) is 45.0 Å². The van der Waals surface area contributed by atoms with Gasteiger partial charge in [0.05, 0.1) is 5.52 Å². The molecule has 0 bridgehead atoms. The van der Waals surface area contributed by atoms with E-state index in [0.717, 1.165) is 11.1 Å². The molecule has 0 saturated heterocycles. The number of benzene rings is 1. The number of fused-ring (bicyclic) bond motifs is 1. The first-order valence-corrected chi connectivity index (χ1v) is 10.00. The number of ether oxygens (including phenoxy) is 1. The second-order valence-corrected chi connectivity index (χ2v) is 8.11. The number of hydrogen-bond donors (Lipinski definition) is 0. The Hall–Kier alpha value is -2.74. The summed E-state index contributed by atoms with van der Waals surface area (Å²) in [5, 5.41) is 5.73. The first-order valence-electron chi connectivity index (χ1n) is 8.77. The number of esters is 1. The fraction of sp³-hybridized carbons (Fsp3) is 0.350. The Bertz CT molecular complexity index is 1040. The summed E-state index contributed by atoms with van der Waals surface area (Å²) < 4.78 is 6.88. The van der Waals surface area contributed by atoms with Crippen molar-refractivity contribution in [3.8, 4) is 11.1 Å². The normalized spacial score (nSPS) is 11.6. The number of aromatic nitrogens is 4. The third-order valence-electron chi connectivity index (χ3n) is 3.93. The predicted molar refractivity (Wildman–Crippen MR) is 108 cm³/mol. The van der Waals surface area contributed by atoms with Gasteiger partial charge in [-0.15, -0.1) is 0 Å².